The smallest absolute Gasteiger partial charge is 0.387 e. The summed E-state index contributed by atoms with van der Waals surface area (Å²) in [4.78, 5) is 13.8. The lowest BCUT2D eigenvalue weighted by Gasteiger charge is -2.26. The van der Waals surface area contributed by atoms with Crippen LogP contribution in [0.4, 0.5) is 13.2 Å². The minimum absolute atomic E-state index is 0.0755. The molecular formula is C26H27F3N2O3. The van der Waals surface area contributed by atoms with Crippen LogP contribution in [0.2, 0.25) is 0 Å². The van der Waals surface area contributed by atoms with Gasteiger partial charge in [0.25, 0.3) is 5.91 Å². The van der Waals surface area contributed by atoms with Crippen molar-refractivity contribution in [1.82, 2.24) is 4.90 Å². The van der Waals surface area contributed by atoms with E-state index in [2.05, 4.69) is 0 Å². The number of halogens is 3. The monoisotopic (exact) mass is 472 g/mol. The number of alkyl halides is 3. The molecule has 34 heavy (non-hydrogen) atoms. The molecule has 0 heterocycles. The van der Waals surface area contributed by atoms with Gasteiger partial charge in [0.2, 0.25) is 0 Å². The molecule has 3 aromatic carbocycles. The third kappa shape index (κ3) is 7.41. The predicted octanol–water partition coefficient (Wildman–Crippen LogP) is 4.48. The number of carbonyl (C=O) groups excluding carboxylic acids is 1. The number of aliphatic hydroxyl groups excluding tert-OH is 1. The van der Waals surface area contributed by atoms with Crippen molar-refractivity contribution in [3.63, 3.8) is 0 Å². The van der Waals surface area contributed by atoms with Crippen molar-refractivity contribution in [3.8, 4) is 0 Å². The second-order valence-corrected chi connectivity index (χ2v) is 7.92. The number of ether oxygens (including phenoxy) is 1. The number of nitrogens with zero attached hydrogens (tertiary/aromatic N) is 1. The molecule has 1 amide bonds. The van der Waals surface area contributed by atoms with Gasteiger partial charge in [-0.3, -0.25) is 9.69 Å². The number of primary amides is 1. The molecule has 0 aliphatic heterocycles. The van der Waals surface area contributed by atoms with E-state index in [0.717, 1.165) is 17.7 Å². The zero-order valence-corrected chi connectivity index (χ0v) is 18.5. The van der Waals surface area contributed by atoms with Gasteiger partial charge < -0.3 is 15.6 Å². The van der Waals surface area contributed by atoms with E-state index in [-0.39, 0.29) is 18.7 Å². The molecule has 5 nitrogen and oxygen atoms in total. The standard InChI is InChI=1S/C26H27F3N2O3/c27-26(28,29)22-13-7-12-21(16-22)23(32)18-31(17-19-8-3-1-4-9-19)14-15-34-24(25(30)33)20-10-5-2-6-11-20/h1-13,16,23-24,32H,14-15,17-18H2,(H2,30,33). The molecule has 8 heteroatoms. The average molecular weight is 473 g/mol. The summed E-state index contributed by atoms with van der Waals surface area (Å²) in [5, 5.41) is 10.7. The maximum Gasteiger partial charge on any atom is 0.416 e. The van der Waals surface area contributed by atoms with Crippen molar-refractivity contribution in [3.05, 3.63) is 107 Å². The third-order valence-corrected chi connectivity index (χ3v) is 5.33. The first kappa shape index (κ1) is 25.4. The number of benzene rings is 3. The molecule has 3 N–H and O–H groups in total. The van der Waals surface area contributed by atoms with Gasteiger partial charge in [0.1, 0.15) is 0 Å². The van der Waals surface area contributed by atoms with Gasteiger partial charge in [-0.1, -0.05) is 72.8 Å². The minimum Gasteiger partial charge on any atom is -0.387 e. The Morgan fingerprint density at radius 1 is 0.941 bits per heavy atom. The van der Waals surface area contributed by atoms with Gasteiger partial charge in [0, 0.05) is 19.6 Å². The normalized spacial score (nSPS) is 13.6. The summed E-state index contributed by atoms with van der Waals surface area (Å²) in [6, 6.07) is 23.0. The van der Waals surface area contributed by atoms with Crippen molar-refractivity contribution in [2.45, 2.75) is 24.9 Å². The lowest BCUT2D eigenvalue weighted by atomic mass is 10.0. The van der Waals surface area contributed by atoms with Gasteiger partial charge in [0.15, 0.2) is 6.10 Å². The van der Waals surface area contributed by atoms with Gasteiger partial charge in [-0.05, 0) is 28.8 Å². The molecule has 3 aromatic rings. The molecule has 3 rings (SSSR count). The molecule has 2 atom stereocenters. The molecule has 0 bridgehead atoms. The zero-order chi connectivity index (χ0) is 24.6. The van der Waals surface area contributed by atoms with Crippen LogP contribution in [0.25, 0.3) is 0 Å². The Bertz CT molecular complexity index is 1050. The van der Waals surface area contributed by atoms with Crippen molar-refractivity contribution in [2.24, 2.45) is 5.73 Å². The molecule has 0 spiro atoms. The zero-order valence-electron chi connectivity index (χ0n) is 18.5. The van der Waals surface area contributed by atoms with E-state index in [1.54, 1.807) is 24.3 Å². The first-order valence-electron chi connectivity index (χ1n) is 10.8. The lowest BCUT2D eigenvalue weighted by Crippen LogP contribution is -2.33. The summed E-state index contributed by atoms with van der Waals surface area (Å²) in [5.41, 5.74) is 6.47. The van der Waals surface area contributed by atoms with Gasteiger partial charge >= 0.3 is 6.18 Å². The Morgan fingerprint density at radius 3 is 2.18 bits per heavy atom. The van der Waals surface area contributed by atoms with Crippen LogP contribution in [-0.2, 0) is 22.3 Å². The Balaban J connectivity index is 1.70. The summed E-state index contributed by atoms with van der Waals surface area (Å²) in [6.07, 6.45) is -6.56. The Kier molecular flexibility index (Phi) is 8.81. The fraction of sp³-hybridized carbons (Fsp3) is 0.269. The number of rotatable bonds is 11. The SMILES string of the molecule is NC(=O)C(OCCN(Cc1ccccc1)CC(O)c1cccc(C(F)(F)F)c1)c1ccccc1. The fourth-order valence-electron chi connectivity index (χ4n) is 3.62. The lowest BCUT2D eigenvalue weighted by molar-refractivity contribution is -0.137. The van der Waals surface area contributed by atoms with Crippen LogP contribution in [-0.4, -0.2) is 35.6 Å². The predicted molar refractivity (Wildman–Crippen MR) is 122 cm³/mol. The van der Waals surface area contributed by atoms with Crippen LogP contribution in [0.3, 0.4) is 0 Å². The summed E-state index contributed by atoms with van der Waals surface area (Å²) in [5.74, 6) is -0.621. The highest BCUT2D eigenvalue weighted by Crippen LogP contribution is 2.31. The molecule has 0 fully saturated rings. The van der Waals surface area contributed by atoms with Crippen molar-refractivity contribution < 1.29 is 27.8 Å². The van der Waals surface area contributed by atoms with Gasteiger partial charge in [-0.2, -0.15) is 13.2 Å². The number of aliphatic hydroxyl groups is 1. The highest BCUT2D eigenvalue weighted by atomic mass is 19.4. The molecule has 0 saturated carbocycles. The summed E-state index contributed by atoms with van der Waals surface area (Å²) < 4.78 is 45.0. The minimum atomic E-state index is -4.49. The van der Waals surface area contributed by atoms with E-state index in [0.29, 0.717) is 18.7 Å². The largest absolute Gasteiger partial charge is 0.416 e. The fourth-order valence-corrected chi connectivity index (χ4v) is 3.62. The van der Waals surface area contributed by atoms with Gasteiger partial charge in [-0.15, -0.1) is 0 Å². The molecule has 180 valence electrons. The van der Waals surface area contributed by atoms with Crippen LogP contribution < -0.4 is 5.73 Å². The van der Waals surface area contributed by atoms with Crippen LogP contribution >= 0.6 is 0 Å². The van der Waals surface area contributed by atoms with E-state index < -0.39 is 29.9 Å². The molecule has 0 saturated heterocycles. The Hall–Kier alpha value is -3.20. The van der Waals surface area contributed by atoms with E-state index in [1.165, 1.54) is 12.1 Å². The third-order valence-electron chi connectivity index (χ3n) is 5.33. The molecule has 0 radical (unpaired) electrons. The van der Waals surface area contributed by atoms with E-state index in [4.69, 9.17) is 10.5 Å². The van der Waals surface area contributed by atoms with Crippen molar-refractivity contribution >= 4 is 5.91 Å². The van der Waals surface area contributed by atoms with Crippen LogP contribution in [0.5, 0.6) is 0 Å². The highest BCUT2D eigenvalue weighted by molar-refractivity contribution is 5.80. The second-order valence-electron chi connectivity index (χ2n) is 7.92. The first-order chi connectivity index (χ1) is 16.2. The maximum absolute atomic E-state index is 13.1. The van der Waals surface area contributed by atoms with E-state index in [1.807, 2.05) is 41.3 Å². The van der Waals surface area contributed by atoms with Crippen molar-refractivity contribution in [1.29, 1.82) is 0 Å². The Morgan fingerprint density at radius 2 is 1.56 bits per heavy atom. The van der Waals surface area contributed by atoms with E-state index >= 15 is 0 Å². The number of hydrogen-bond donors (Lipinski definition) is 2. The molecule has 2 unspecified atom stereocenters. The first-order valence-corrected chi connectivity index (χ1v) is 10.8. The Labute approximate surface area is 196 Å². The van der Waals surface area contributed by atoms with Gasteiger partial charge in [-0.25, -0.2) is 0 Å². The summed E-state index contributed by atoms with van der Waals surface area (Å²) in [7, 11) is 0. The maximum atomic E-state index is 13.1. The summed E-state index contributed by atoms with van der Waals surface area (Å²) >= 11 is 0. The average Bonchev–Trinajstić information content (AvgIpc) is 2.82. The quantitative estimate of drug-likeness (QED) is 0.431. The highest BCUT2D eigenvalue weighted by Gasteiger charge is 2.31. The molecule has 0 aliphatic rings. The number of amides is 1. The topological polar surface area (TPSA) is 75.8 Å². The number of hydrogen-bond acceptors (Lipinski definition) is 4. The van der Waals surface area contributed by atoms with E-state index in [9.17, 15) is 23.1 Å². The summed E-state index contributed by atoms with van der Waals surface area (Å²) in [6.45, 7) is 0.963. The van der Waals surface area contributed by atoms with Crippen LogP contribution in [0.15, 0.2) is 84.9 Å². The second kappa shape index (κ2) is 11.8. The van der Waals surface area contributed by atoms with Crippen LogP contribution in [0.1, 0.15) is 34.5 Å². The van der Waals surface area contributed by atoms with Crippen molar-refractivity contribution in [2.75, 3.05) is 19.7 Å². The molecule has 0 aliphatic carbocycles. The molecular weight excluding hydrogens is 445 g/mol. The van der Waals surface area contributed by atoms with Gasteiger partial charge in [0.05, 0.1) is 18.3 Å². The molecule has 0 aromatic heterocycles. The number of carbonyl (C=O) groups is 1. The number of nitrogens with two attached hydrogens (primary N) is 1. The van der Waals surface area contributed by atoms with Crippen LogP contribution in [0, 0.1) is 0 Å².